The van der Waals surface area contributed by atoms with Crippen LogP contribution in [0.3, 0.4) is 0 Å². The first-order valence-electron chi connectivity index (χ1n) is 16.3. The van der Waals surface area contributed by atoms with E-state index < -0.39 is 0 Å². The summed E-state index contributed by atoms with van der Waals surface area (Å²) in [6, 6.07) is 23.0. The lowest BCUT2D eigenvalue weighted by Crippen LogP contribution is -2.44. The molecule has 254 valence electrons. The van der Waals surface area contributed by atoms with E-state index in [2.05, 4.69) is 57.8 Å². The fourth-order valence-electron chi connectivity index (χ4n) is 5.82. The van der Waals surface area contributed by atoms with Crippen molar-refractivity contribution >= 4 is 46.9 Å². The molecule has 14 nitrogen and oxygen atoms in total. The fraction of sp³-hybridized carbons (Fsp3) is 0.257. The smallest absolute Gasteiger partial charge is 0.230 e. The Kier molecular flexibility index (Phi) is 9.19. The van der Waals surface area contributed by atoms with Gasteiger partial charge in [0.25, 0.3) is 0 Å². The van der Waals surface area contributed by atoms with Gasteiger partial charge in [0.15, 0.2) is 0 Å². The lowest BCUT2D eigenvalue weighted by Gasteiger charge is -2.33. The van der Waals surface area contributed by atoms with E-state index in [9.17, 15) is 0 Å². The van der Waals surface area contributed by atoms with Crippen molar-refractivity contribution in [3.05, 3.63) is 95.8 Å². The summed E-state index contributed by atoms with van der Waals surface area (Å²) in [7, 11) is 0. The van der Waals surface area contributed by atoms with Crippen molar-refractivity contribution in [2.24, 2.45) is 0 Å². The molecule has 6 heterocycles. The highest BCUT2D eigenvalue weighted by atomic mass is 35.5. The Morgan fingerprint density at radius 3 is 1.86 bits per heavy atom. The topological polar surface area (TPSA) is 153 Å². The van der Waals surface area contributed by atoms with Crippen LogP contribution in [0.25, 0.3) is 22.5 Å². The van der Waals surface area contributed by atoms with E-state index >= 15 is 0 Å². The molecule has 6 aromatic rings. The second-order valence-corrected chi connectivity index (χ2v) is 12.3. The lowest BCUT2D eigenvalue weighted by atomic mass is 10.0. The minimum Gasteiger partial charge on any atom is -0.378 e. The first-order valence-corrected chi connectivity index (χ1v) is 16.7. The van der Waals surface area contributed by atoms with Crippen molar-refractivity contribution in [1.29, 1.82) is 0 Å². The van der Waals surface area contributed by atoms with Gasteiger partial charge in [-0.15, -0.1) is 0 Å². The number of nitrogens with zero attached hydrogens (tertiary/aromatic N) is 8. The maximum absolute atomic E-state index is 6.13. The second kappa shape index (κ2) is 14.5. The summed E-state index contributed by atoms with van der Waals surface area (Å²) in [6.07, 6.45) is 4.17. The fourth-order valence-corrected chi connectivity index (χ4v) is 5.94. The Bertz CT molecular complexity index is 2030. The van der Waals surface area contributed by atoms with Crippen LogP contribution in [0.15, 0.2) is 94.2 Å². The monoisotopic (exact) mass is 692 g/mol. The molecule has 2 N–H and O–H groups in total. The zero-order valence-electron chi connectivity index (χ0n) is 26.9. The molecule has 0 aliphatic carbocycles. The summed E-state index contributed by atoms with van der Waals surface area (Å²) in [5, 5.41) is 15.5. The van der Waals surface area contributed by atoms with Gasteiger partial charge in [0.05, 0.1) is 25.9 Å². The van der Waals surface area contributed by atoms with Crippen LogP contribution < -0.4 is 20.4 Å². The molecular weight excluding hydrogens is 660 g/mol. The molecule has 2 aliphatic heterocycles. The average Bonchev–Trinajstić information content (AvgIpc) is 3.83. The van der Waals surface area contributed by atoms with Crippen molar-refractivity contribution in [2.45, 2.75) is 12.5 Å². The molecule has 15 heteroatoms. The predicted molar refractivity (Wildman–Crippen MR) is 188 cm³/mol. The average molecular weight is 693 g/mol. The third-order valence-corrected chi connectivity index (χ3v) is 8.63. The Hall–Kier alpha value is -5.57. The first kappa shape index (κ1) is 31.7. The van der Waals surface area contributed by atoms with E-state index in [-0.39, 0.29) is 6.10 Å². The van der Waals surface area contributed by atoms with E-state index in [0.717, 1.165) is 41.9 Å². The highest BCUT2D eigenvalue weighted by Crippen LogP contribution is 2.27. The zero-order chi connectivity index (χ0) is 33.7. The molecule has 4 aromatic heterocycles. The minimum absolute atomic E-state index is 0.0240. The number of hydrogen-bond acceptors (Lipinski definition) is 14. The number of anilines is 6. The number of ether oxygens (including phenoxy) is 2. The molecule has 0 amide bonds. The maximum Gasteiger partial charge on any atom is 0.230 e. The van der Waals surface area contributed by atoms with Crippen LogP contribution in [0.2, 0.25) is 5.02 Å². The van der Waals surface area contributed by atoms with Crippen molar-refractivity contribution in [3.8, 4) is 22.5 Å². The molecule has 1 unspecified atom stereocenters. The molecular formula is C35H33ClN10O4. The summed E-state index contributed by atoms with van der Waals surface area (Å²) >= 11 is 6.01. The first-order chi connectivity index (χ1) is 24.6. The molecule has 8 rings (SSSR count). The van der Waals surface area contributed by atoms with Gasteiger partial charge in [-0.3, -0.25) is 0 Å². The number of benzene rings is 2. The van der Waals surface area contributed by atoms with Crippen LogP contribution in [-0.4, -0.2) is 82.4 Å². The number of aromatic nitrogens is 6. The third-order valence-electron chi connectivity index (χ3n) is 8.38. The van der Waals surface area contributed by atoms with Gasteiger partial charge >= 0.3 is 0 Å². The number of hydrogen-bond donors (Lipinski definition) is 2. The van der Waals surface area contributed by atoms with E-state index in [1.165, 1.54) is 0 Å². The van der Waals surface area contributed by atoms with E-state index in [4.69, 9.17) is 35.1 Å². The molecule has 2 aromatic carbocycles. The molecule has 0 saturated carbocycles. The van der Waals surface area contributed by atoms with Crippen molar-refractivity contribution in [3.63, 3.8) is 0 Å². The van der Waals surface area contributed by atoms with E-state index in [0.29, 0.717) is 78.9 Å². The third kappa shape index (κ3) is 7.52. The predicted octanol–water partition coefficient (Wildman–Crippen LogP) is 6.00. The van der Waals surface area contributed by atoms with Crippen molar-refractivity contribution in [2.75, 3.05) is 66.4 Å². The Morgan fingerprint density at radius 1 is 0.680 bits per heavy atom. The summed E-state index contributed by atoms with van der Waals surface area (Å²) in [5.74, 6) is 3.48. The summed E-state index contributed by atoms with van der Waals surface area (Å²) in [5.41, 5.74) is 4.41. The highest BCUT2D eigenvalue weighted by molar-refractivity contribution is 6.30. The summed E-state index contributed by atoms with van der Waals surface area (Å²) in [6.45, 7) is 4.77. The molecule has 50 heavy (non-hydrogen) atoms. The normalized spacial score (nSPS) is 16.4. The molecule has 0 spiro atoms. The van der Waals surface area contributed by atoms with E-state index in [1.807, 2.05) is 48.5 Å². The molecule has 1 atom stereocenters. The van der Waals surface area contributed by atoms with Crippen LogP contribution in [-0.2, 0) is 15.9 Å². The number of rotatable bonds is 10. The number of nitrogens with one attached hydrogen (secondary N) is 2. The molecule has 2 aliphatic rings. The van der Waals surface area contributed by atoms with Gasteiger partial charge in [-0.1, -0.05) is 58.3 Å². The quantitative estimate of drug-likeness (QED) is 0.172. The molecule has 0 radical (unpaired) electrons. The van der Waals surface area contributed by atoms with Crippen molar-refractivity contribution in [1.82, 2.24) is 30.2 Å². The van der Waals surface area contributed by atoms with Gasteiger partial charge in [0.1, 0.15) is 23.0 Å². The Morgan fingerprint density at radius 2 is 1.24 bits per heavy atom. The Balaban J connectivity index is 0.864. The SMILES string of the molecule is Clc1ccc(-c2cc(Nc3ccnc(N4CCOC(Cc5ccc(-c6cc(Nc7ccnc(N8CCOCC8)n7)on6)cc5)C4)n3)on2)cc1. The molecule has 2 fully saturated rings. The zero-order valence-corrected chi connectivity index (χ0v) is 27.7. The van der Waals surface area contributed by atoms with Crippen LogP contribution in [0, 0.1) is 0 Å². The van der Waals surface area contributed by atoms with Crippen LogP contribution >= 0.6 is 11.6 Å². The summed E-state index contributed by atoms with van der Waals surface area (Å²) < 4.78 is 22.6. The molecule has 2 saturated heterocycles. The van der Waals surface area contributed by atoms with Gasteiger partial charge < -0.3 is 39.0 Å². The van der Waals surface area contributed by atoms with Gasteiger partial charge in [-0.25, -0.2) is 9.97 Å². The minimum atomic E-state index is -0.0240. The lowest BCUT2D eigenvalue weighted by molar-refractivity contribution is 0.0405. The Labute approximate surface area is 292 Å². The van der Waals surface area contributed by atoms with Crippen LogP contribution in [0.1, 0.15) is 5.56 Å². The highest BCUT2D eigenvalue weighted by Gasteiger charge is 2.23. The van der Waals surface area contributed by atoms with Crippen LogP contribution in [0.5, 0.6) is 0 Å². The van der Waals surface area contributed by atoms with Gasteiger partial charge in [-0.05, 0) is 29.8 Å². The summed E-state index contributed by atoms with van der Waals surface area (Å²) in [4.78, 5) is 22.5. The largest absolute Gasteiger partial charge is 0.378 e. The molecule has 0 bridgehead atoms. The standard InChI is InChI=1S/C35H33ClN10O4/c36-26-7-5-25(6-8-26)29-21-33(50-44-29)40-31-10-12-38-35(42-31)46-15-18-48-27(22-46)19-23-1-3-24(4-2-23)28-20-32(49-43-28)39-30-9-11-37-34(41-30)45-13-16-47-17-14-45/h1-12,20-21,27H,13-19,22H2,(H,37,39,41)(H,38,40,42). The number of halogens is 1. The number of morpholine rings is 2. The van der Waals surface area contributed by atoms with Gasteiger partial charge in [-0.2, -0.15) is 9.97 Å². The maximum atomic E-state index is 6.13. The van der Waals surface area contributed by atoms with Crippen LogP contribution in [0.4, 0.5) is 35.3 Å². The second-order valence-electron chi connectivity index (χ2n) is 11.8. The van der Waals surface area contributed by atoms with E-state index in [1.54, 1.807) is 24.5 Å². The van der Waals surface area contributed by atoms with Gasteiger partial charge in [0, 0.05) is 73.3 Å². The van der Waals surface area contributed by atoms with Crippen molar-refractivity contribution < 1.29 is 18.5 Å². The van der Waals surface area contributed by atoms with Gasteiger partial charge in [0.2, 0.25) is 23.7 Å².